The van der Waals surface area contributed by atoms with Gasteiger partial charge >= 0.3 is 0 Å². The fraction of sp³-hybridized carbons (Fsp3) is 0.571. The van der Waals surface area contributed by atoms with Gasteiger partial charge in [-0.15, -0.1) is 11.6 Å². The lowest BCUT2D eigenvalue weighted by molar-refractivity contribution is 0.614. The summed E-state index contributed by atoms with van der Waals surface area (Å²) in [6.07, 6.45) is 7.23. The molecule has 1 aromatic rings. The van der Waals surface area contributed by atoms with Crippen LogP contribution in [-0.4, -0.2) is 5.38 Å². The van der Waals surface area contributed by atoms with Crippen molar-refractivity contribution in [1.29, 1.82) is 0 Å². The Labute approximate surface area is 98.7 Å². The van der Waals surface area contributed by atoms with Gasteiger partial charge < -0.3 is 0 Å². The summed E-state index contributed by atoms with van der Waals surface area (Å²) in [6, 6.07) is 10.7. The molecule has 15 heavy (non-hydrogen) atoms. The second kappa shape index (κ2) is 7.76. The molecule has 0 aliphatic carbocycles. The van der Waals surface area contributed by atoms with Gasteiger partial charge in [-0.1, -0.05) is 50.1 Å². The quantitative estimate of drug-likeness (QED) is 0.461. The van der Waals surface area contributed by atoms with Gasteiger partial charge in [0.1, 0.15) is 0 Å². The third-order valence-electron chi connectivity index (χ3n) is 2.68. The fourth-order valence-corrected chi connectivity index (χ4v) is 2.17. The summed E-state index contributed by atoms with van der Waals surface area (Å²) < 4.78 is 0. The summed E-state index contributed by atoms with van der Waals surface area (Å²) in [6.45, 7) is 2.19. The minimum atomic E-state index is 0.394. The summed E-state index contributed by atoms with van der Waals surface area (Å²) >= 11 is 6.16. The molecule has 0 fully saturated rings. The molecule has 0 saturated heterocycles. The van der Waals surface area contributed by atoms with E-state index in [1.807, 2.05) is 0 Å². The maximum Gasteiger partial charge on any atom is 0.0336 e. The SMILES string of the molecule is CCCC(Cl)CCCCc1ccccc1. The lowest BCUT2D eigenvalue weighted by Gasteiger charge is -2.07. The minimum absolute atomic E-state index is 0.394. The highest BCUT2D eigenvalue weighted by Gasteiger charge is 2.02. The van der Waals surface area contributed by atoms with E-state index in [1.165, 1.54) is 37.7 Å². The number of unbranched alkanes of at least 4 members (excludes halogenated alkanes) is 1. The Hall–Kier alpha value is -0.490. The van der Waals surface area contributed by atoms with Crippen LogP contribution in [0.25, 0.3) is 0 Å². The van der Waals surface area contributed by atoms with Crippen LogP contribution in [0, 0.1) is 0 Å². The van der Waals surface area contributed by atoms with Crippen molar-refractivity contribution in [2.75, 3.05) is 0 Å². The Kier molecular flexibility index (Phi) is 6.50. The number of hydrogen-bond acceptors (Lipinski definition) is 0. The Morgan fingerprint density at radius 2 is 1.80 bits per heavy atom. The number of halogens is 1. The van der Waals surface area contributed by atoms with Gasteiger partial charge in [-0.3, -0.25) is 0 Å². The molecule has 1 unspecified atom stereocenters. The molecule has 0 heterocycles. The zero-order chi connectivity index (χ0) is 10.9. The van der Waals surface area contributed by atoms with E-state index in [2.05, 4.69) is 37.3 Å². The van der Waals surface area contributed by atoms with Gasteiger partial charge in [0.05, 0.1) is 0 Å². The second-order valence-electron chi connectivity index (χ2n) is 4.12. The normalized spacial score (nSPS) is 12.7. The van der Waals surface area contributed by atoms with E-state index in [4.69, 9.17) is 11.6 Å². The largest absolute Gasteiger partial charge is 0.123 e. The molecule has 0 bridgehead atoms. The number of rotatable bonds is 7. The van der Waals surface area contributed by atoms with Gasteiger partial charge in [0, 0.05) is 5.38 Å². The van der Waals surface area contributed by atoms with Crippen molar-refractivity contribution in [1.82, 2.24) is 0 Å². The molecule has 84 valence electrons. The second-order valence-corrected chi connectivity index (χ2v) is 4.73. The van der Waals surface area contributed by atoms with Crippen LogP contribution >= 0.6 is 11.6 Å². The first-order valence-corrected chi connectivity index (χ1v) is 6.44. The summed E-state index contributed by atoms with van der Waals surface area (Å²) in [5.41, 5.74) is 1.44. The van der Waals surface area contributed by atoms with Crippen LogP contribution in [0.15, 0.2) is 30.3 Å². The van der Waals surface area contributed by atoms with E-state index >= 15 is 0 Å². The first-order valence-electron chi connectivity index (χ1n) is 6.01. The summed E-state index contributed by atoms with van der Waals surface area (Å²) in [4.78, 5) is 0. The standard InChI is InChI=1S/C14H21Cl/c1-2-8-14(15)12-7-6-11-13-9-4-3-5-10-13/h3-5,9-10,14H,2,6-8,11-12H2,1H3. The number of aryl methyl sites for hydroxylation is 1. The van der Waals surface area contributed by atoms with Crippen LogP contribution in [0.4, 0.5) is 0 Å². The van der Waals surface area contributed by atoms with Gasteiger partial charge in [-0.2, -0.15) is 0 Å². The van der Waals surface area contributed by atoms with Crippen molar-refractivity contribution in [3.63, 3.8) is 0 Å². The molecule has 1 heteroatoms. The van der Waals surface area contributed by atoms with Crippen molar-refractivity contribution in [2.24, 2.45) is 0 Å². The Morgan fingerprint density at radius 3 is 2.47 bits per heavy atom. The van der Waals surface area contributed by atoms with E-state index in [-0.39, 0.29) is 0 Å². The molecule has 0 spiro atoms. The average molecular weight is 225 g/mol. The molecule has 0 radical (unpaired) electrons. The van der Waals surface area contributed by atoms with Gasteiger partial charge in [-0.05, 0) is 31.2 Å². The van der Waals surface area contributed by atoms with E-state index in [9.17, 15) is 0 Å². The molecule has 0 aromatic heterocycles. The lowest BCUT2D eigenvalue weighted by Crippen LogP contribution is -1.97. The third kappa shape index (κ3) is 5.84. The molecular formula is C14H21Cl. The maximum absolute atomic E-state index is 6.16. The van der Waals surface area contributed by atoms with E-state index in [0.29, 0.717) is 5.38 Å². The van der Waals surface area contributed by atoms with E-state index < -0.39 is 0 Å². The highest BCUT2D eigenvalue weighted by Crippen LogP contribution is 2.14. The van der Waals surface area contributed by atoms with E-state index in [0.717, 1.165) is 6.42 Å². The Morgan fingerprint density at radius 1 is 1.07 bits per heavy atom. The van der Waals surface area contributed by atoms with Gasteiger partial charge in [0.2, 0.25) is 0 Å². The van der Waals surface area contributed by atoms with Crippen LogP contribution in [0.1, 0.15) is 44.6 Å². The zero-order valence-corrected chi connectivity index (χ0v) is 10.3. The van der Waals surface area contributed by atoms with Gasteiger partial charge in [0.25, 0.3) is 0 Å². The molecular weight excluding hydrogens is 204 g/mol. The Bertz CT molecular complexity index is 243. The van der Waals surface area contributed by atoms with Gasteiger partial charge in [-0.25, -0.2) is 0 Å². The van der Waals surface area contributed by atoms with E-state index in [1.54, 1.807) is 0 Å². The highest BCUT2D eigenvalue weighted by atomic mass is 35.5. The minimum Gasteiger partial charge on any atom is -0.123 e. The van der Waals surface area contributed by atoms with Crippen LogP contribution in [0.2, 0.25) is 0 Å². The Balaban J connectivity index is 2.07. The van der Waals surface area contributed by atoms with Crippen molar-refractivity contribution in [2.45, 2.75) is 50.8 Å². The van der Waals surface area contributed by atoms with Crippen LogP contribution in [-0.2, 0) is 6.42 Å². The molecule has 0 aliphatic heterocycles. The lowest BCUT2D eigenvalue weighted by atomic mass is 10.0. The molecule has 0 nitrogen and oxygen atoms in total. The first kappa shape index (κ1) is 12.6. The first-order chi connectivity index (χ1) is 7.33. The fourth-order valence-electron chi connectivity index (χ4n) is 1.80. The average Bonchev–Trinajstić information content (AvgIpc) is 2.26. The third-order valence-corrected chi connectivity index (χ3v) is 3.11. The van der Waals surface area contributed by atoms with Crippen LogP contribution < -0.4 is 0 Å². The summed E-state index contributed by atoms with van der Waals surface area (Å²) in [5.74, 6) is 0. The predicted molar refractivity (Wildman–Crippen MR) is 68.5 cm³/mol. The molecule has 0 aliphatic rings. The number of alkyl halides is 1. The molecule has 0 amide bonds. The molecule has 1 aromatic carbocycles. The maximum atomic E-state index is 6.16. The van der Waals surface area contributed by atoms with Crippen molar-refractivity contribution < 1.29 is 0 Å². The summed E-state index contributed by atoms with van der Waals surface area (Å²) in [5, 5.41) is 0.394. The number of benzene rings is 1. The molecule has 0 N–H and O–H groups in total. The zero-order valence-electron chi connectivity index (χ0n) is 9.58. The topological polar surface area (TPSA) is 0 Å². The van der Waals surface area contributed by atoms with Crippen molar-refractivity contribution in [3.8, 4) is 0 Å². The van der Waals surface area contributed by atoms with Crippen molar-refractivity contribution >= 4 is 11.6 Å². The summed E-state index contributed by atoms with van der Waals surface area (Å²) in [7, 11) is 0. The van der Waals surface area contributed by atoms with Gasteiger partial charge in [0.15, 0.2) is 0 Å². The molecule has 1 atom stereocenters. The number of hydrogen-bond donors (Lipinski definition) is 0. The smallest absolute Gasteiger partial charge is 0.0336 e. The molecule has 1 rings (SSSR count). The molecule has 0 saturated carbocycles. The highest BCUT2D eigenvalue weighted by molar-refractivity contribution is 6.20. The predicted octanol–water partition coefficient (Wildman–Crippen LogP) is 4.81. The van der Waals surface area contributed by atoms with Crippen LogP contribution in [0.3, 0.4) is 0 Å². The monoisotopic (exact) mass is 224 g/mol. The van der Waals surface area contributed by atoms with Crippen molar-refractivity contribution in [3.05, 3.63) is 35.9 Å². The van der Waals surface area contributed by atoms with Crippen LogP contribution in [0.5, 0.6) is 0 Å².